The number of alkyl halides is 1. The molecule has 1 amide bonds. The van der Waals surface area contributed by atoms with Crippen molar-refractivity contribution < 1.29 is 13.9 Å². The Morgan fingerprint density at radius 3 is 2.80 bits per heavy atom. The minimum Gasteiger partial charge on any atom is -0.490 e. The first-order valence-corrected chi connectivity index (χ1v) is 10.1. The number of halogens is 1. The fraction of sp³-hybridized carbons (Fsp3) is 0.455. The summed E-state index contributed by atoms with van der Waals surface area (Å²) in [5.74, 6) is 0.514. The fourth-order valence-corrected chi connectivity index (χ4v) is 4.17. The summed E-state index contributed by atoms with van der Waals surface area (Å²) >= 11 is 0. The smallest absolute Gasteiger partial charge is 0.237 e. The van der Waals surface area contributed by atoms with Crippen LogP contribution in [-0.4, -0.2) is 65.2 Å². The second-order valence-electron chi connectivity index (χ2n) is 7.74. The highest BCUT2D eigenvalue weighted by molar-refractivity contribution is 5.89. The van der Waals surface area contributed by atoms with Crippen molar-refractivity contribution in [3.05, 3.63) is 36.0 Å². The minimum absolute atomic E-state index is 0.00144. The number of hydrogen-bond acceptors (Lipinski definition) is 6. The third-order valence-corrected chi connectivity index (χ3v) is 5.76. The average Bonchev–Trinajstić information content (AvgIpc) is 3.16. The van der Waals surface area contributed by atoms with Crippen LogP contribution in [0.1, 0.15) is 24.8 Å². The van der Waals surface area contributed by atoms with Gasteiger partial charge in [-0.3, -0.25) is 14.7 Å². The Morgan fingerprint density at radius 1 is 1.27 bits per heavy atom. The molecule has 2 atom stereocenters. The number of pyridine rings is 1. The number of carbonyl (C=O) groups excluding carboxylic acids is 1. The first kappa shape index (κ1) is 20.1. The van der Waals surface area contributed by atoms with Crippen molar-refractivity contribution >= 4 is 16.8 Å². The number of nitriles is 2. The quantitative estimate of drug-likeness (QED) is 0.773. The Balaban J connectivity index is 1.35. The first-order chi connectivity index (χ1) is 14.6. The number of rotatable bonds is 4. The van der Waals surface area contributed by atoms with Gasteiger partial charge in [-0.25, -0.2) is 4.39 Å². The summed E-state index contributed by atoms with van der Waals surface area (Å²) < 4.78 is 19.8. The number of likely N-dealkylation sites (tertiary alicyclic amines) is 2. The summed E-state index contributed by atoms with van der Waals surface area (Å²) in [6.45, 7) is 1.58. The number of ether oxygens (including phenoxy) is 1. The lowest BCUT2D eigenvalue weighted by Crippen LogP contribution is -2.46. The maximum atomic E-state index is 13.6. The van der Waals surface area contributed by atoms with Gasteiger partial charge in [0.2, 0.25) is 5.91 Å². The second kappa shape index (κ2) is 8.64. The van der Waals surface area contributed by atoms with Gasteiger partial charge in [-0.05, 0) is 31.0 Å². The number of hydrogen-bond donors (Lipinski definition) is 0. The Bertz CT molecular complexity index is 1020. The number of amides is 1. The maximum absolute atomic E-state index is 13.6. The van der Waals surface area contributed by atoms with Gasteiger partial charge in [-0.15, -0.1) is 0 Å². The molecule has 3 heterocycles. The van der Waals surface area contributed by atoms with E-state index >= 15 is 0 Å². The summed E-state index contributed by atoms with van der Waals surface area (Å²) in [4.78, 5) is 20.2. The van der Waals surface area contributed by atoms with Crippen LogP contribution in [0.5, 0.6) is 5.75 Å². The number of fused-ring (bicyclic) bond motifs is 1. The average molecular weight is 407 g/mol. The van der Waals surface area contributed by atoms with Gasteiger partial charge >= 0.3 is 0 Å². The molecule has 2 fully saturated rings. The lowest BCUT2D eigenvalue weighted by molar-refractivity contribution is -0.133. The molecule has 1 aromatic heterocycles. The van der Waals surface area contributed by atoms with Crippen LogP contribution < -0.4 is 4.74 Å². The molecular formula is C22H22FN5O2. The lowest BCUT2D eigenvalue weighted by atomic mass is 10.1. The van der Waals surface area contributed by atoms with Crippen LogP contribution in [-0.2, 0) is 4.79 Å². The van der Waals surface area contributed by atoms with Gasteiger partial charge in [0, 0.05) is 31.1 Å². The highest BCUT2D eigenvalue weighted by Gasteiger charge is 2.36. The van der Waals surface area contributed by atoms with Gasteiger partial charge < -0.3 is 9.64 Å². The Morgan fingerprint density at radius 2 is 2.07 bits per heavy atom. The zero-order chi connectivity index (χ0) is 21.1. The van der Waals surface area contributed by atoms with E-state index in [-0.39, 0.29) is 31.5 Å². The van der Waals surface area contributed by atoms with Gasteiger partial charge in [0.1, 0.15) is 30.1 Å². The number of aromatic nitrogens is 1. The van der Waals surface area contributed by atoms with Crippen LogP contribution in [0.15, 0.2) is 30.5 Å². The molecule has 0 radical (unpaired) electrons. The zero-order valence-corrected chi connectivity index (χ0v) is 16.5. The summed E-state index contributed by atoms with van der Waals surface area (Å²) in [6, 6.07) is 10.8. The predicted molar refractivity (Wildman–Crippen MR) is 107 cm³/mol. The summed E-state index contributed by atoms with van der Waals surface area (Å²) in [6.07, 6.45) is 2.14. The van der Waals surface area contributed by atoms with E-state index < -0.39 is 12.2 Å². The van der Waals surface area contributed by atoms with Gasteiger partial charge in [0.25, 0.3) is 0 Å². The SMILES string of the molecule is N#Cc1cccc2c(OC3CCN(CC(=O)N4C[C@@H](F)C[C@H]4C#N)CC3)ccnc12. The molecule has 0 aliphatic carbocycles. The molecule has 2 saturated heterocycles. The maximum Gasteiger partial charge on any atom is 0.237 e. The molecule has 0 bridgehead atoms. The highest BCUT2D eigenvalue weighted by Crippen LogP contribution is 2.28. The molecule has 2 aromatic rings. The third-order valence-electron chi connectivity index (χ3n) is 5.76. The van der Waals surface area contributed by atoms with Crippen LogP contribution in [0.2, 0.25) is 0 Å². The molecule has 2 aliphatic heterocycles. The minimum atomic E-state index is -1.12. The monoisotopic (exact) mass is 407 g/mol. The molecule has 7 nitrogen and oxygen atoms in total. The van der Waals surface area contributed by atoms with E-state index in [1.165, 1.54) is 4.90 Å². The fourth-order valence-electron chi connectivity index (χ4n) is 4.17. The third kappa shape index (κ3) is 4.05. The van der Waals surface area contributed by atoms with Crippen molar-refractivity contribution in [2.75, 3.05) is 26.2 Å². The van der Waals surface area contributed by atoms with Crippen molar-refractivity contribution in [2.24, 2.45) is 0 Å². The molecular weight excluding hydrogens is 385 g/mol. The van der Waals surface area contributed by atoms with Crippen LogP contribution in [0, 0.1) is 22.7 Å². The number of para-hydroxylation sites is 1. The standard InChI is InChI=1S/C22H22FN5O2/c23-16-10-17(12-25)28(13-16)21(29)14-27-8-5-18(6-9-27)30-20-4-7-26-22-15(11-24)2-1-3-19(20)22/h1-4,7,16-18H,5-6,8-10,13-14H2/t16-,17-/m0/s1. The molecule has 0 N–H and O–H groups in total. The number of nitrogens with zero attached hydrogens (tertiary/aromatic N) is 5. The van der Waals surface area contributed by atoms with E-state index in [1.54, 1.807) is 12.3 Å². The van der Waals surface area contributed by atoms with Gasteiger partial charge in [0.15, 0.2) is 0 Å². The molecule has 8 heteroatoms. The van der Waals surface area contributed by atoms with Crippen molar-refractivity contribution in [3.8, 4) is 17.9 Å². The summed E-state index contributed by atoms with van der Waals surface area (Å²) in [5.41, 5.74) is 1.14. The summed E-state index contributed by atoms with van der Waals surface area (Å²) in [7, 11) is 0. The van der Waals surface area contributed by atoms with Gasteiger partial charge in [0.05, 0.1) is 30.2 Å². The van der Waals surface area contributed by atoms with E-state index in [0.29, 0.717) is 29.9 Å². The van der Waals surface area contributed by atoms with Crippen molar-refractivity contribution in [2.45, 2.75) is 37.6 Å². The number of piperidine rings is 1. The van der Waals surface area contributed by atoms with Gasteiger partial charge in [-0.2, -0.15) is 10.5 Å². The molecule has 0 saturated carbocycles. The van der Waals surface area contributed by atoms with Crippen molar-refractivity contribution in [1.29, 1.82) is 10.5 Å². The van der Waals surface area contributed by atoms with Crippen LogP contribution in [0.3, 0.4) is 0 Å². The lowest BCUT2D eigenvalue weighted by Gasteiger charge is -2.33. The van der Waals surface area contributed by atoms with E-state index in [1.807, 2.05) is 29.2 Å². The molecule has 4 rings (SSSR count). The molecule has 30 heavy (non-hydrogen) atoms. The van der Waals surface area contributed by atoms with Crippen molar-refractivity contribution in [3.63, 3.8) is 0 Å². The Hall–Kier alpha value is -3.23. The Labute approximate surface area is 174 Å². The Kier molecular flexibility index (Phi) is 5.78. The summed E-state index contributed by atoms with van der Waals surface area (Å²) in [5, 5.41) is 19.2. The van der Waals surface area contributed by atoms with E-state index in [2.05, 4.69) is 11.1 Å². The number of benzene rings is 1. The molecule has 0 spiro atoms. The normalized spacial score (nSPS) is 22.6. The van der Waals surface area contributed by atoms with Crippen LogP contribution in [0.25, 0.3) is 10.9 Å². The van der Waals surface area contributed by atoms with Crippen LogP contribution >= 0.6 is 0 Å². The van der Waals surface area contributed by atoms with Crippen LogP contribution in [0.4, 0.5) is 4.39 Å². The highest BCUT2D eigenvalue weighted by atomic mass is 19.1. The predicted octanol–water partition coefficient (Wildman–Crippen LogP) is 2.41. The van der Waals surface area contributed by atoms with E-state index in [4.69, 9.17) is 10.00 Å². The largest absolute Gasteiger partial charge is 0.490 e. The molecule has 2 aliphatic rings. The second-order valence-corrected chi connectivity index (χ2v) is 7.74. The topological polar surface area (TPSA) is 93.2 Å². The van der Waals surface area contributed by atoms with Crippen molar-refractivity contribution in [1.82, 2.24) is 14.8 Å². The molecule has 154 valence electrons. The molecule has 0 unspecified atom stereocenters. The first-order valence-electron chi connectivity index (χ1n) is 10.1. The molecule has 1 aromatic carbocycles. The zero-order valence-electron chi connectivity index (χ0n) is 16.5. The van der Waals surface area contributed by atoms with E-state index in [0.717, 1.165) is 18.2 Å². The number of carbonyl (C=O) groups is 1. The van der Waals surface area contributed by atoms with Gasteiger partial charge in [-0.1, -0.05) is 6.07 Å². The van der Waals surface area contributed by atoms with E-state index in [9.17, 15) is 14.4 Å².